The molecule has 1 heterocycles. The van der Waals surface area contributed by atoms with Crippen molar-refractivity contribution >= 4 is 0 Å². The Balaban J connectivity index is 2.18. The van der Waals surface area contributed by atoms with Gasteiger partial charge in [-0.25, -0.2) is 0 Å². The summed E-state index contributed by atoms with van der Waals surface area (Å²) in [4.78, 5) is 0. The first-order valence-electron chi connectivity index (χ1n) is 3.88. The molecule has 3 nitrogen and oxygen atoms in total. The Morgan fingerprint density at radius 3 is 3.10 bits per heavy atom. The average molecular weight is 144 g/mol. The van der Waals surface area contributed by atoms with Crippen LogP contribution in [-0.4, -0.2) is 37.9 Å². The van der Waals surface area contributed by atoms with Gasteiger partial charge in [-0.3, -0.25) is 0 Å². The van der Waals surface area contributed by atoms with Crippen LogP contribution in [0.5, 0.6) is 0 Å². The average Bonchev–Trinajstić information content (AvgIpc) is 2.38. The minimum Gasteiger partial charge on any atom is -0.391 e. The summed E-state index contributed by atoms with van der Waals surface area (Å²) in [7, 11) is 1.87. The second-order valence-electron chi connectivity index (χ2n) is 2.88. The Bertz CT molecular complexity index is 91.6. The molecule has 0 aliphatic carbocycles. The Morgan fingerprint density at radius 1 is 1.80 bits per heavy atom. The molecule has 0 saturated carbocycles. The molecule has 0 amide bonds. The SMILES string of the molecule is CNCC(O)C1CCNC1. The molecule has 1 aliphatic heterocycles. The number of rotatable bonds is 3. The lowest BCUT2D eigenvalue weighted by Crippen LogP contribution is -2.32. The van der Waals surface area contributed by atoms with E-state index >= 15 is 0 Å². The molecule has 60 valence electrons. The molecule has 0 spiro atoms. The second kappa shape index (κ2) is 3.91. The van der Waals surface area contributed by atoms with Crippen molar-refractivity contribution in [3.05, 3.63) is 0 Å². The van der Waals surface area contributed by atoms with Crippen molar-refractivity contribution in [3.8, 4) is 0 Å². The zero-order valence-electron chi connectivity index (χ0n) is 6.43. The minimum atomic E-state index is -0.167. The predicted molar refractivity (Wildman–Crippen MR) is 40.9 cm³/mol. The lowest BCUT2D eigenvalue weighted by molar-refractivity contribution is 0.118. The van der Waals surface area contributed by atoms with Gasteiger partial charge in [-0.2, -0.15) is 0 Å². The molecule has 2 unspecified atom stereocenters. The highest BCUT2D eigenvalue weighted by Crippen LogP contribution is 2.11. The molecule has 1 fully saturated rings. The first kappa shape index (κ1) is 7.98. The molecule has 1 saturated heterocycles. The number of hydrogen-bond acceptors (Lipinski definition) is 3. The molecule has 0 aromatic heterocycles. The summed E-state index contributed by atoms with van der Waals surface area (Å²) in [6.45, 7) is 2.75. The maximum Gasteiger partial charge on any atom is 0.0705 e. The summed E-state index contributed by atoms with van der Waals surface area (Å²) >= 11 is 0. The van der Waals surface area contributed by atoms with Crippen molar-refractivity contribution in [1.82, 2.24) is 10.6 Å². The van der Waals surface area contributed by atoms with E-state index in [0.717, 1.165) is 19.5 Å². The van der Waals surface area contributed by atoms with Gasteiger partial charge >= 0.3 is 0 Å². The van der Waals surface area contributed by atoms with Crippen molar-refractivity contribution in [2.45, 2.75) is 12.5 Å². The first-order chi connectivity index (χ1) is 4.84. The molecule has 0 bridgehead atoms. The van der Waals surface area contributed by atoms with Crippen LogP contribution in [0.25, 0.3) is 0 Å². The predicted octanol–water partition coefficient (Wildman–Crippen LogP) is -0.824. The molecule has 0 aromatic carbocycles. The lowest BCUT2D eigenvalue weighted by Gasteiger charge is -2.15. The highest BCUT2D eigenvalue weighted by atomic mass is 16.3. The highest BCUT2D eigenvalue weighted by molar-refractivity contribution is 4.78. The van der Waals surface area contributed by atoms with Gasteiger partial charge in [-0.05, 0) is 25.9 Å². The third-order valence-electron chi connectivity index (χ3n) is 2.06. The Morgan fingerprint density at radius 2 is 2.60 bits per heavy atom. The van der Waals surface area contributed by atoms with Gasteiger partial charge in [0.15, 0.2) is 0 Å². The van der Waals surface area contributed by atoms with E-state index in [-0.39, 0.29) is 6.10 Å². The molecule has 1 rings (SSSR count). The van der Waals surface area contributed by atoms with E-state index in [0.29, 0.717) is 12.5 Å². The van der Waals surface area contributed by atoms with Crippen molar-refractivity contribution in [2.75, 3.05) is 26.7 Å². The van der Waals surface area contributed by atoms with Gasteiger partial charge < -0.3 is 15.7 Å². The molecule has 3 heteroatoms. The summed E-state index contributed by atoms with van der Waals surface area (Å²) in [5.74, 6) is 0.465. The highest BCUT2D eigenvalue weighted by Gasteiger charge is 2.21. The van der Waals surface area contributed by atoms with E-state index in [9.17, 15) is 5.11 Å². The van der Waals surface area contributed by atoms with Crippen LogP contribution in [0, 0.1) is 5.92 Å². The summed E-state index contributed by atoms with van der Waals surface area (Å²) in [6, 6.07) is 0. The van der Waals surface area contributed by atoms with Crippen molar-refractivity contribution in [3.63, 3.8) is 0 Å². The largest absolute Gasteiger partial charge is 0.391 e. The van der Waals surface area contributed by atoms with Gasteiger partial charge in [0.25, 0.3) is 0 Å². The Kier molecular flexibility index (Phi) is 3.12. The monoisotopic (exact) mass is 144 g/mol. The van der Waals surface area contributed by atoms with Crippen molar-refractivity contribution in [2.24, 2.45) is 5.92 Å². The summed E-state index contributed by atoms with van der Waals surface area (Å²) in [6.07, 6.45) is 0.947. The van der Waals surface area contributed by atoms with E-state index in [1.807, 2.05) is 7.05 Å². The van der Waals surface area contributed by atoms with E-state index in [2.05, 4.69) is 10.6 Å². The van der Waals surface area contributed by atoms with Crippen LogP contribution in [0.2, 0.25) is 0 Å². The number of aliphatic hydroxyl groups excluding tert-OH is 1. The van der Waals surface area contributed by atoms with Gasteiger partial charge in [0.05, 0.1) is 6.10 Å². The third kappa shape index (κ3) is 1.94. The van der Waals surface area contributed by atoms with Crippen LogP contribution in [-0.2, 0) is 0 Å². The number of nitrogens with one attached hydrogen (secondary N) is 2. The molecule has 2 atom stereocenters. The molecule has 1 aliphatic rings. The molecule has 3 N–H and O–H groups in total. The van der Waals surface area contributed by atoms with Crippen LogP contribution in [0.1, 0.15) is 6.42 Å². The van der Waals surface area contributed by atoms with Crippen LogP contribution >= 0.6 is 0 Å². The van der Waals surface area contributed by atoms with Crippen molar-refractivity contribution in [1.29, 1.82) is 0 Å². The smallest absolute Gasteiger partial charge is 0.0705 e. The van der Waals surface area contributed by atoms with E-state index < -0.39 is 0 Å². The first-order valence-corrected chi connectivity index (χ1v) is 3.88. The van der Waals surface area contributed by atoms with Gasteiger partial charge in [0.2, 0.25) is 0 Å². The maximum atomic E-state index is 9.45. The fourth-order valence-electron chi connectivity index (χ4n) is 1.38. The van der Waals surface area contributed by atoms with E-state index in [1.165, 1.54) is 0 Å². The second-order valence-corrected chi connectivity index (χ2v) is 2.88. The number of likely N-dealkylation sites (N-methyl/N-ethyl adjacent to an activating group) is 1. The van der Waals surface area contributed by atoms with Crippen molar-refractivity contribution < 1.29 is 5.11 Å². The van der Waals surface area contributed by atoms with Gasteiger partial charge in [-0.1, -0.05) is 0 Å². The zero-order chi connectivity index (χ0) is 7.40. The fraction of sp³-hybridized carbons (Fsp3) is 1.00. The molecular weight excluding hydrogens is 128 g/mol. The van der Waals surface area contributed by atoms with Crippen LogP contribution < -0.4 is 10.6 Å². The van der Waals surface area contributed by atoms with Gasteiger partial charge in [-0.15, -0.1) is 0 Å². The summed E-state index contributed by atoms with van der Waals surface area (Å²) < 4.78 is 0. The summed E-state index contributed by atoms with van der Waals surface area (Å²) in [5, 5.41) is 15.6. The Labute approximate surface area is 61.8 Å². The third-order valence-corrected chi connectivity index (χ3v) is 2.06. The molecule has 10 heavy (non-hydrogen) atoms. The molecule has 0 aromatic rings. The van der Waals surface area contributed by atoms with Gasteiger partial charge in [0.1, 0.15) is 0 Å². The zero-order valence-corrected chi connectivity index (χ0v) is 6.43. The quantitative estimate of drug-likeness (QED) is 0.485. The molecule has 0 radical (unpaired) electrons. The minimum absolute atomic E-state index is 0.167. The van der Waals surface area contributed by atoms with Gasteiger partial charge in [0, 0.05) is 13.1 Å². The van der Waals surface area contributed by atoms with Crippen LogP contribution in [0.15, 0.2) is 0 Å². The number of aliphatic hydroxyl groups is 1. The Hall–Kier alpha value is -0.120. The normalized spacial score (nSPS) is 28.8. The lowest BCUT2D eigenvalue weighted by atomic mass is 10.0. The number of hydrogen-bond donors (Lipinski definition) is 3. The standard InChI is InChI=1S/C7H16N2O/c1-8-5-7(10)6-2-3-9-4-6/h6-10H,2-5H2,1H3. The van der Waals surface area contributed by atoms with Crippen LogP contribution in [0.3, 0.4) is 0 Å². The molecular formula is C7H16N2O. The van der Waals surface area contributed by atoms with E-state index in [1.54, 1.807) is 0 Å². The summed E-state index contributed by atoms with van der Waals surface area (Å²) in [5.41, 5.74) is 0. The maximum absolute atomic E-state index is 9.45. The fourth-order valence-corrected chi connectivity index (χ4v) is 1.38. The van der Waals surface area contributed by atoms with Crippen LogP contribution in [0.4, 0.5) is 0 Å². The van der Waals surface area contributed by atoms with E-state index in [4.69, 9.17) is 0 Å². The topological polar surface area (TPSA) is 44.3 Å².